The van der Waals surface area contributed by atoms with Crippen molar-refractivity contribution >= 4 is 11.6 Å². The van der Waals surface area contributed by atoms with Crippen molar-refractivity contribution in [3.63, 3.8) is 0 Å². The first-order valence-electron chi connectivity index (χ1n) is 6.26. The van der Waals surface area contributed by atoms with E-state index in [-0.39, 0.29) is 17.6 Å². The molecule has 1 N–H and O–H groups in total. The summed E-state index contributed by atoms with van der Waals surface area (Å²) in [6, 6.07) is 4.66. The summed E-state index contributed by atoms with van der Waals surface area (Å²) in [6.07, 6.45) is 0. The predicted molar refractivity (Wildman–Crippen MR) is 71.2 cm³/mol. The van der Waals surface area contributed by atoms with E-state index in [0.29, 0.717) is 18.7 Å². The van der Waals surface area contributed by atoms with Gasteiger partial charge in [0.1, 0.15) is 0 Å². The Hall–Kier alpha value is -1.95. The smallest absolute Gasteiger partial charge is 0.270 e. The standard InChI is InChI=1S/C13H17N3O3/c1-9-3-4-11(16(18)19)7-12(9)13(17)15-6-5-14-10(2)8-15/h3-4,7,10,14H,5-6,8H2,1-2H3/t10-/m0/s1. The second-order valence-electron chi connectivity index (χ2n) is 4.86. The quantitative estimate of drug-likeness (QED) is 0.645. The largest absolute Gasteiger partial charge is 0.336 e. The molecule has 0 saturated carbocycles. The minimum atomic E-state index is -0.476. The van der Waals surface area contributed by atoms with Crippen LogP contribution in [-0.2, 0) is 0 Å². The lowest BCUT2D eigenvalue weighted by Gasteiger charge is -2.32. The third kappa shape index (κ3) is 2.90. The Morgan fingerprint density at radius 3 is 2.89 bits per heavy atom. The van der Waals surface area contributed by atoms with Crippen molar-refractivity contribution < 1.29 is 9.72 Å². The van der Waals surface area contributed by atoms with Crippen LogP contribution < -0.4 is 5.32 Å². The highest BCUT2D eigenvalue weighted by atomic mass is 16.6. The molecule has 0 aliphatic carbocycles. The number of aryl methyl sites for hydroxylation is 1. The van der Waals surface area contributed by atoms with E-state index in [1.165, 1.54) is 12.1 Å². The number of piperazine rings is 1. The lowest BCUT2D eigenvalue weighted by molar-refractivity contribution is -0.384. The maximum atomic E-state index is 12.4. The number of nitro groups is 1. The molecule has 1 fully saturated rings. The highest BCUT2D eigenvalue weighted by molar-refractivity contribution is 5.96. The fourth-order valence-corrected chi connectivity index (χ4v) is 2.24. The van der Waals surface area contributed by atoms with Crippen LogP contribution in [0.4, 0.5) is 5.69 Å². The van der Waals surface area contributed by atoms with Gasteiger partial charge in [0.2, 0.25) is 0 Å². The van der Waals surface area contributed by atoms with Gasteiger partial charge in [0.25, 0.3) is 11.6 Å². The third-order valence-corrected chi connectivity index (χ3v) is 3.32. The zero-order valence-corrected chi connectivity index (χ0v) is 11.0. The minimum absolute atomic E-state index is 0.0443. The molecule has 0 spiro atoms. The molecule has 19 heavy (non-hydrogen) atoms. The molecule has 102 valence electrons. The summed E-state index contributed by atoms with van der Waals surface area (Å²) in [7, 11) is 0. The summed E-state index contributed by atoms with van der Waals surface area (Å²) in [4.78, 5) is 24.5. The average molecular weight is 263 g/mol. The molecule has 1 aromatic carbocycles. The fraction of sp³-hybridized carbons (Fsp3) is 0.462. The van der Waals surface area contributed by atoms with Crippen molar-refractivity contribution in [2.45, 2.75) is 19.9 Å². The van der Waals surface area contributed by atoms with E-state index in [2.05, 4.69) is 5.32 Å². The number of non-ortho nitro benzene ring substituents is 1. The molecule has 1 atom stereocenters. The average Bonchev–Trinajstić information content (AvgIpc) is 2.38. The molecule has 0 radical (unpaired) electrons. The molecular weight excluding hydrogens is 246 g/mol. The Labute approximate surface area is 111 Å². The summed E-state index contributed by atoms with van der Waals surface area (Å²) >= 11 is 0. The maximum absolute atomic E-state index is 12.4. The number of amides is 1. The molecule has 1 aliphatic rings. The molecule has 1 heterocycles. The van der Waals surface area contributed by atoms with Gasteiger partial charge in [0.15, 0.2) is 0 Å². The van der Waals surface area contributed by atoms with Crippen molar-refractivity contribution in [2.75, 3.05) is 19.6 Å². The normalized spacial score (nSPS) is 19.3. The molecule has 6 heteroatoms. The molecule has 1 aromatic rings. The van der Waals surface area contributed by atoms with Crippen molar-refractivity contribution in [1.29, 1.82) is 0 Å². The highest BCUT2D eigenvalue weighted by Gasteiger charge is 2.24. The van der Waals surface area contributed by atoms with E-state index in [9.17, 15) is 14.9 Å². The first-order valence-corrected chi connectivity index (χ1v) is 6.26. The van der Waals surface area contributed by atoms with E-state index in [0.717, 1.165) is 12.1 Å². The van der Waals surface area contributed by atoms with Crippen molar-refractivity contribution in [1.82, 2.24) is 10.2 Å². The van der Waals surface area contributed by atoms with Crippen LogP contribution in [0.2, 0.25) is 0 Å². The Balaban J connectivity index is 2.27. The van der Waals surface area contributed by atoms with Crippen LogP contribution >= 0.6 is 0 Å². The maximum Gasteiger partial charge on any atom is 0.270 e. The summed E-state index contributed by atoms with van der Waals surface area (Å²) < 4.78 is 0. The predicted octanol–water partition coefficient (Wildman–Crippen LogP) is 1.34. The first kappa shape index (κ1) is 13.5. The molecule has 0 bridgehead atoms. The zero-order chi connectivity index (χ0) is 14.0. The lowest BCUT2D eigenvalue weighted by atomic mass is 10.1. The number of carbonyl (C=O) groups excluding carboxylic acids is 1. The summed E-state index contributed by atoms with van der Waals surface area (Å²) in [5.41, 5.74) is 1.14. The first-order chi connectivity index (χ1) is 8.99. The number of rotatable bonds is 2. The number of nitrogens with zero attached hydrogens (tertiary/aromatic N) is 2. The van der Waals surface area contributed by atoms with Crippen LogP contribution in [0.1, 0.15) is 22.8 Å². The van der Waals surface area contributed by atoms with Gasteiger partial charge in [-0.15, -0.1) is 0 Å². The summed E-state index contributed by atoms with van der Waals surface area (Å²) in [6.45, 7) is 5.81. The topological polar surface area (TPSA) is 75.5 Å². The Morgan fingerprint density at radius 2 is 2.26 bits per heavy atom. The van der Waals surface area contributed by atoms with Gasteiger partial charge in [-0.05, 0) is 19.4 Å². The van der Waals surface area contributed by atoms with Crippen LogP contribution in [0.15, 0.2) is 18.2 Å². The molecule has 6 nitrogen and oxygen atoms in total. The van der Waals surface area contributed by atoms with E-state index in [1.54, 1.807) is 17.9 Å². The zero-order valence-electron chi connectivity index (χ0n) is 11.0. The number of nitrogens with one attached hydrogen (secondary N) is 1. The number of benzene rings is 1. The van der Waals surface area contributed by atoms with Crippen LogP contribution in [-0.4, -0.2) is 41.4 Å². The number of carbonyl (C=O) groups is 1. The molecule has 1 amide bonds. The number of hydrogen-bond donors (Lipinski definition) is 1. The number of hydrogen-bond acceptors (Lipinski definition) is 4. The van der Waals surface area contributed by atoms with Crippen molar-refractivity contribution in [2.24, 2.45) is 0 Å². The molecular formula is C13H17N3O3. The van der Waals surface area contributed by atoms with Crippen molar-refractivity contribution in [3.8, 4) is 0 Å². The van der Waals surface area contributed by atoms with Gasteiger partial charge in [0, 0.05) is 43.4 Å². The number of nitro benzene ring substituents is 1. The fourth-order valence-electron chi connectivity index (χ4n) is 2.24. The monoisotopic (exact) mass is 263 g/mol. The lowest BCUT2D eigenvalue weighted by Crippen LogP contribution is -2.51. The van der Waals surface area contributed by atoms with E-state index in [4.69, 9.17) is 0 Å². The Kier molecular flexibility index (Phi) is 3.80. The van der Waals surface area contributed by atoms with Crippen LogP contribution in [0.3, 0.4) is 0 Å². The van der Waals surface area contributed by atoms with Gasteiger partial charge in [-0.3, -0.25) is 14.9 Å². The van der Waals surface area contributed by atoms with Gasteiger partial charge in [-0.2, -0.15) is 0 Å². The molecule has 1 aliphatic heterocycles. The summed E-state index contributed by atoms with van der Waals surface area (Å²) in [5.74, 6) is -0.130. The van der Waals surface area contributed by atoms with E-state index in [1.807, 2.05) is 6.92 Å². The van der Waals surface area contributed by atoms with Gasteiger partial charge < -0.3 is 10.2 Å². The van der Waals surface area contributed by atoms with Crippen LogP contribution in [0, 0.1) is 17.0 Å². The molecule has 2 rings (SSSR count). The van der Waals surface area contributed by atoms with E-state index < -0.39 is 4.92 Å². The second kappa shape index (κ2) is 5.36. The second-order valence-corrected chi connectivity index (χ2v) is 4.86. The van der Waals surface area contributed by atoms with Crippen LogP contribution in [0.5, 0.6) is 0 Å². The highest BCUT2D eigenvalue weighted by Crippen LogP contribution is 2.19. The molecule has 0 aromatic heterocycles. The SMILES string of the molecule is Cc1ccc([N+](=O)[O-])cc1C(=O)N1CCN[C@@H](C)C1. The van der Waals surface area contributed by atoms with Gasteiger partial charge in [-0.1, -0.05) is 6.07 Å². The van der Waals surface area contributed by atoms with Gasteiger partial charge in [0.05, 0.1) is 4.92 Å². The Bertz CT molecular complexity index is 516. The van der Waals surface area contributed by atoms with Crippen molar-refractivity contribution in [3.05, 3.63) is 39.4 Å². The molecule has 1 saturated heterocycles. The third-order valence-electron chi connectivity index (χ3n) is 3.32. The van der Waals surface area contributed by atoms with Gasteiger partial charge in [-0.25, -0.2) is 0 Å². The van der Waals surface area contributed by atoms with E-state index >= 15 is 0 Å². The van der Waals surface area contributed by atoms with Crippen LogP contribution in [0.25, 0.3) is 0 Å². The Morgan fingerprint density at radius 1 is 1.53 bits per heavy atom. The van der Waals surface area contributed by atoms with Gasteiger partial charge >= 0.3 is 0 Å². The summed E-state index contributed by atoms with van der Waals surface area (Å²) in [5, 5.41) is 14.0. The minimum Gasteiger partial charge on any atom is -0.336 e. The molecule has 0 unspecified atom stereocenters.